The van der Waals surface area contributed by atoms with Crippen molar-refractivity contribution >= 4 is 39.5 Å². The Morgan fingerprint density at radius 1 is 0.329 bits per heavy atom. The number of rotatable bonds is 63. The van der Waals surface area contributed by atoms with Crippen molar-refractivity contribution in [3.05, 3.63) is 0 Å². The van der Waals surface area contributed by atoms with Gasteiger partial charge in [0.25, 0.3) is 0 Å². The summed E-state index contributed by atoms with van der Waals surface area (Å²) in [6, 6.07) is 0. The SMILES string of the molecule is CCC(C)CCCCCCCCC(=O)O[C@H](COC(=O)CCCCCCCCCCCCCCCCC(C)C)COP(=O)(O)OC[C@@H](O)COP(=O)(O)OC[C@@H](COC(=O)CCCCCCCCC(C)C)OC(=O)CCCCCCCCC(C)C. The van der Waals surface area contributed by atoms with E-state index in [2.05, 4.69) is 55.4 Å². The van der Waals surface area contributed by atoms with Crippen LogP contribution < -0.4 is 0 Å². The first-order chi connectivity index (χ1) is 40.6. The zero-order chi connectivity index (χ0) is 63.2. The van der Waals surface area contributed by atoms with Gasteiger partial charge in [0.1, 0.15) is 19.3 Å². The Morgan fingerprint density at radius 3 is 0.835 bits per heavy atom. The summed E-state index contributed by atoms with van der Waals surface area (Å²) in [6.45, 7) is 13.9. The lowest BCUT2D eigenvalue weighted by atomic mass is 10.00. The molecular formula is C66H128O17P2. The van der Waals surface area contributed by atoms with Gasteiger partial charge >= 0.3 is 39.5 Å². The van der Waals surface area contributed by atoms with Gasteiger partial charge in [-0.1, -0.05) is 267 Å². The van der Waals surface area contributed by atoms with E-state index < -0.39 is 97.5 Å². The van der Waals surface area contributed by atoms with Gasteiger partial charge in [-0.3, -0.25) is 37.3 Å². The van der Waals surface area contributed by atoms with Crippen molar-refractivity contribution in [1.29, 1.82) is 0 Å². The highest BCUT2D eigenvalue weighted by molar-refractivity contribution is 7.47. The summed E-state index contributed by atoms with van der Waals surface area (Å²) in [5.74, 6) is 0.724. The minimum absolute atomic E-state index is 0.100. The summed E-state index contributed by atoms with van der Waals surface area (Å²) >= 11 is 0. The molecule has 19 heteroatoms. The molecule has 0 aromatic carbocycles. The standard InChI is InChI=1S/C66H128O17P2/c1-9-59(8)45-37-29-22-25-33-41-49-66(71)83-61(52-76-63(68)46-38-30-19-17-15-13-11-10-12-14-16-18-26-34-42-56(2)3)54-80-84(72,73)78-50-60(67)51-79-85(74,75)81-55-62(82-65(70)48-40-32-24-21-28-36-44-58(6)7)53-77-64(69)47-39-31-23-20-27-35-43-57(4)5/h56-62,67H,9-55H2,1-8H3,(H,72,73)(H,74,75)/t59?,60-,61-,62-/m1/s1. The molecule has 0 aromatic rings. The lowest BCUT2D eigenvalue weighted by Gasteiger charge is -2.21. The topological polar surface area (TPSA) is 237 Å². The molecule has 0 fully saturated rings. The number of carbonyl (C=O) groups is 4. The number of hydrogen-bond acceptors (Lipinski definition) is 15. The maximum absolute atomic E-state index is 13.0. The van der Waals surface area contributed by atoms with Crippen molar-refractivity contribution in [3.8, 4) is 0 Å². The Bertz CT molecular complexity index is 1700. The Kier molecular flexibility index (Phi) is 54.8. The van der Waals surface area contributed by atoms with Crippen LogP contribution in [0.4, 0.5) is 0 Å². The van der Waals surface area contributed by atoms with Crippen LogP contribution in [0.25, 0.3) is 0 Å². The Balaban J connectivity index is 5.18. The van der Waals surface area contributed by atoms with Crippen molar-refractivity contribution in [1.82, 2.24) is 0 Å². The van der Waals surface area contributed by atoms with Crippen molar-refractivity contribution in [2.45, 2.75) is 337 Å². The number of phosphoric acid groups is 2. The van der Waals surface area contributed by atoms with E-state index in [0.29, 0.717) is 37.5 Å². The molecule has 3 unspecified atom stereocenters. The molecule has 3 N–H and O–H groups in total. The predicted molar refractivity (Wildman–Crippen MR) is 340 cm³/mol. The van der Waals surface area contributed by atoms with Crippen LogP contribution in [0.15, 0.2) is 0 Å². The average molecular weight is 1260 g/mol. The molecule has 0 aliphatic rings. The maximum atomic E-state index is 13.0. The first-order valence-electron chi connectivity index (χ1n) is 34.2. The van der Waals surface area contributed by atoms with Gasteiger partial charge in [-0.25, -0.2) is 9.13 Å². The van der Waals surface area contributed by atoms with E-state index in [1.54, 1.807) is 0 Å². The highest BCUT2D eigenvalue weighted by atomic mass is 31.2. The minimum atomic E-state index is -4.95. The molecule has 0 amide bonds. The first-order valence-corrected chi connectivity index (χ1v) is 37.2. The van der Waals surface area contributed by atoms with Crippen LogP contribution in [0.2, 0.25) is 0 Å². The molecule has 0 aliphatic heterocycles. The van der Waals surface area contributed by atoms with Crippen molar-refractivity contribution in [2.24, 2.45) is 23.7 Å². The second-order valence-corrected chi connectivity index (χ2v) is 28.4. The van der Waals surface area contributed by atoms with Crippen LogP contribution >= 0.6 is 15.6 Å². The van der Waals surface area contributed by atoms with Crippen LogP contribution in [0.5, 0.6) is 0 Å². The van der Waals surface area contributed by atoms with E-state index in [-0.39, 0.29) is 25.7 Å². The normalized spacial score (nSPS) is 14.7. The maximum Gasteiger partial charge on any atom is 0.472 e. The van der Waals surface area contributed by atoms with E-state index in [4.69, 9.17) is 37.0 Å². The van der Waals surface area contributed by atoms with Crippen molar-refractivity contribution < 1.29 is 80.2 Å². The molecule has 504 valence electrons. The predicted octanol–water partition coefficient (Wildman–Crippen LogP) is 18.1. The summed E-state index contributed by atoms with van der Waals surface area (Å²) in [4.78, 5) is 72.2. The minimum Gasteiger partial charge on any atom is -0.462 e. The molecule has 85 heavy (non-hydrogen) atoms. The van der Waals surface area contributed by atoms with Crippen LogP contribution in [-0.2, 0) is 65.4 Å². The largest absolute Gasteiger partial charge is 0.472 e. The molecule has 0 aliphatic carbocycles. The molecule has 6 atom stereocenters. The lowest BCUT2D eigenvalue weighted by Crippen LogP contribution is -2.30. The van der Waals surface area contributed by atoms with Crippen LogP contribution in [0.1, 0.15) is 319 Å². The molecule has 0 saturated heterocycles. The van der Waals surface area contributed by atoms with E-state index in [1.807, 2.05) is 0 Å². The Hall–Kier alpha value is -1.94. The summed E-state index contributed by atoms with van der Waals surface area (Å²) < 4.78 is 68.0. The zero-order valence-electron chi connectivity index (χ0n) is 55.2. The summed E-state index contributed by atoms with van der Waals surface area (Å²) in [5, 5.41) is 10.5. The molecule has 0 heterocycles. The zero-order valence-corrected chi connectivity index (χ0v) is 57.0. The van der Waals surface area contributed by atoms with E-state index in [9.17, 15) is 43.2 Å². The highest BCUT2D eigenvalue weighted by Gasteiger charge is 2.30. The smallest absolute Gasteiger partial charge is 0.462 e. The molecule has 0 bridgehead atoms. The number of unbranched alkanes of at least 4 members (excludes halogenated alkanes) is 28. The van der Waals surface area contributed by atoms with Gasteiger partial charge in [0, 0.05) is 25.7 Å². The van der Waals surface area contributed by atoms with Gasteiger partial charge in [0.05, 0.1) is 26.4 Å². The number of phosphoric ester groups is 2. The fraction of sp³-hybridized carbons (Fsp3) is 0.939. The van der Waals surface area contributed by atoms with Gasteiger partial charge < -0.3 is 33.8 Å². The van der Waals surface area contributed by atoms with Crippen LogP contribution in [0.3, 0.4) is 0 Å². The van der Waals surface area contributed by atoms with Gasteiger partial charge in [-0.2, -0.15) is 0 Å². The fourth-order valence-corrected chi connectivity index (χ4v) is 11.3. The van der Waals surface area contributed by atoms with Gasteiger partial charge in [-0.15, -0.1) is 0 Å². The second kappa shape index (κ2) is 56.1. The van der Waals surface area contributed by atoms with E-state index in [0.717, 1.165) is 108 Å². The Labute approximate surface area is 517 Å². The van der Waals surface area contributed by atoms with Crippen LogP contribution in [-0.4, -0.2) is 96.7 Å². The third-order valence-corrected chi connectivity index (χ3v) is 17.3. The third kappa shape index (κ3) is 59.5. The quantitative estimate of drug-likeness (QED) is 0.0222. The van der Waals surface area contributed by atoms with Crippen molar-refractivity contribution in [3.63, 3.8) is 0 Å². The van der Waals surface area contributed by atoms with Gasteiger partial charge in [-0.05, 0) is 49.4 Å². The number of ether oxygens (including phenoxy) is 4. The van der Waals surface area contributed by atoms with Crippen molar-refractivity contribution in [2.75, 3.05) is 39.6 Å². The van der Waals surface area contributed by atoms with E-state index >= 15 is 0 Å². The molecule has 0 saturated carbocycles. The molecule has 0 rings (SSSR count). The first kappa shape index (κ1) is 83.1. The molecule has 0 radical (unpaired) electrons. The molecule has 0 spiro atoms. The summed E-state index contributed by atoms with van der Waals surface area (Å²) in [6.07, 6.45) is 36.6. The number of aliphatic hydroxyl groups is 1. The monoisotopic (exact) mass is 1250 g/mol. The number of aliphatic hydroxyl groups excluding tert-OH is 1. The van der Waals surface area contributed by atoms with Gasteiger partial charge in [0.2, 0.25) is 0 Å². The fourth-order valence-electron chi connectivity index (χ4n) is 9.75. The highest BCUT2D eigenvalue weighted by Crippen LogP contribution is 2.45. The lowest BCUT2D eigenvalue weighted by molar-refractivity contribution is -0.161. The number of esters is 4. The summed E-state index contributed by atoms with van der Waals surface area (Å²) in [5.41, 5.74) is 0. The van der Waals surface area contributed by atoms with Gasteiger partial charge in [0.15, 0.2) is 12.2 Å². The number of hydrogen-bond donors (Lipinski definition) is 3. The van der Waals surface area contributed by atoms with Crippen LogP contribution in [0, 0.1) is 23.7 Å². The molecule has 17 nitrogen and oxygen atoms in total. The number of carbonyl (C=O) groups excluding carboxylic acids is 4. The molecular weight excluding hydrogens is 1130 g/mol. The van der Waals surface area contributed by atoms with E-state index in [1.165, 1.54) is 116 Å². The summed E-state index contributed by atoms with van der Waals surface area (Å²) in [7, 11) is -9.89. The average Bonchev–Trinajstić information content (AvgIpc) is 3.48. The Morgan fingerprint density at radius 2 is 0.565 bits per heavy atom. The molecule has 0 aromatic heterocycles. The second-order valence-electron chi connectivity index (χ2n) is 25.5. The third-order valence-electron chi connectivity index (χ3n) is 15.4.